The summed E-state index contributed by atoms with van der Waals surface area (Å²) in [5.74, 6) is -0.356. The standard InChI is InChI=1S/C31H36FN5O5/c1-20-17-37(21(2)19-38)29(39)16-22-15-26(34-30(40)33-24-7-5-4-6-8-24)13-14-27(22)42-28(20)18-36(3)31(41)35-25-11-9-23(32)10-12-25/h4-15,20-21,28,38H,16-19H2,1-3H3,(H,35,41)(H2,33,34,40)/t20-,21+,28-/m1/s1. The van der Waals surface area contributed by atoms with Crippen LogP contribution in [0.25, 0.3) is 0 Å². The number of aliphatic hydroxyl groups is 1. The third-order valence-corrected chi connectivity index (χ3v) is 7.10. The SMILES string of the molecule is C[C@@H]1CN([C@@H](C)CO)C(=O)Cc2cc(NC(=O)Nc3ccccc3)ccc2O[C@@H]1CN(C)C(=O)Nc1ccc(F)cc1. The molecule has 0 saturated heterocycles. The van der Waals surface area contributed by atoms with E-state index in [1.165, 1.54) is 29.2 Å². The zero-order valence-corrected chi connectivity index (χ0v) is 23.8. The number of aliphatic hydroxyl groups excluding tert-OH is 1. The number of hydrogen-bond acceptors (Lipinski definition) is 5. The molecular formula is C31H36FN5O5. The van der Waals surface area contributed by atoms with Crippen molar-refractivity contribution in [3.8, 4) is 5.75 Å². The number of halogens is 1. The first-order chi connectivity index (χ1) is 20.1. The molecule has 3 aromatic carbocycles. The Labute approximate surface area is 244 Å². The molecule has 0 spiro atoms. The zero-order valence-electron chi connectivity index (χ0n) is 23.8. The van der Waals surface area contributed by atoms with Crippen LogP contribution in [0.15, 0.2) is 72.8 Å². The fourth-order valence-electron chi connectivity index (χ4n) is 4.65. The number of likely N-dealkylation sites (N-methyl/N-ethyl adjacent to an activating group) is 1. The minimum Gasteiger partial charge on any atom is -0.488 e. The van der Waals surface area contributed by atoms with Crippen molar-refractivity contribution in [1.82, 2.24) is 9.80 Å². The largest absolute Gasteiger partial charge is 0.488 e. The molecule has 3 aromatic rings. The number of carbonyl (C=O) groups is 3. The molecular weight excluding hydrogens is 541 g/mol. The lowest BCUT2D eigenvalue weighted by Crippen LogP contribution is -2.48. The van der Waals surface area contributed by atoms with Crippen LogP contribution in [-0.4, -0.2) is 71.8 Å². The number of ether oxygens (including phenoxy) is 1. The molecule has 222 valence electrons. The van der Waals surface area contributed by atoms with E-state index in [2.05, 4.69) is 16.0 Å². The first-order valence-electron chi connectivity index (χ1n) is 13.7. The maximum absolute atomic E-state index is 13.4. The first-order valence-corrected chi connectivity index (χ1v) is 13.7. The third kappa shape index (κ3) is 7.97. The first kappa shape index (κ1) is 30.3. The quantitative estimate of drug-likeness (QED) is 0.322. The van der Waals surface area contributed by atoms with E-state index in [0.29, 0.717) is 34.9 Å². The van der Waals surface area contributed by atoms with Gasteiger partial charge in [0, 0.05) is 42.1 Å². The predicted octanol–water partition coefficient (Wildman–Crippen LogP) is 4.78. The van der Waals surface area contributed by atoms with E-state index in [0.717, 1.165) is 0 Å². The lowest BCUT2D eigenvalue weighted by molar-refractivity contribution is -0.134. The molecule has 11 heteroatoms. The van der Waals surface area contributed by atoms with E-state index in [1.54, 1.807) is 49.2 Å². The molecule has 0 unspecified atom stereocenters. The maximum atomic E-state index is 13.4. The van der Waals surface area contributed by atoms with Crippen LogP contribution in [0.2, 0.25) is 0 Å². The van der Waals surface area contributed by atoms with Gasteiger partial charge >= 0.3 is 12.1 Å². The lowest BCUT2D eigenvalue weighted by Gasteiger charge is -2.34. The van der Waals surface area contributed by atoms with Crippen LogP contribution in [0.1, 0.15) is 19.4 Å². The van der Waals surface area contributed by atoms with Crippen molar-refractivity contribution >= 4 is 35.0 Å². The highest BCUT2D eigenvalue weighted by Gasteiger charge is 2.32. The van der Waals surface area contributed by atoms with Crippen molar-refractivity contribution < 1.29 is 28.6 Å². The molecule has 1 aliphatic heterocycles. The highest BCUT2D eigenvalue weighted by Crippen LogP contribution is 2.29. The smallest absolute Gasteiger partial charge is 0.323 e. The molecule has 0 aromatic heterocycles. The Bertz CT molecular complexity index is 1390. The average molecular weight is 578 g/mol. The van der Waals surface area contributed by atoms with Gasteiger partial charge in [0.25, 0.3) is 0 Å². The van der Waals surface area contributed by atoms with Crippen molar-refractivity contribution in [2.75, 3.05) is 42.7 Å². The summed E-state index contributed by atoms with van der Waals surface area (Å²) in [5.41, 5.74) is 2.12. The fraction of sp³-hybridized carbons (Fsp3) is 0.323. The molecule has 0 saturated carbocycles. The molecule has 4 N–H and O–H groups in total. The molecule has 42 heavy (non-hydrogen) atoms. The molecule has 3 atom stereocenters. The normalized spacial score (nSPS) is 17.5. The number of anilines is 3. The molecule has 1 aliphatic rings. The summed E-state index contributed by atoms with van der Waals surface area (Å²) in [6.45, 7) is 3.97. The van der Waals surface area contributed by atoms with Gasteiger partial charge in [-0.05, 0) is 61.5 Å². The number of rotatable bonds is 7. The Morgan fingerprint density at radius 3 is 2.36 bits per heavy atom. The van der Waals surface area contributed by atoms with Gasteiger partial charge in [0.2, 0.25) is 5.91 Å². The third-order valence-electron chi connectivity index (χ3n) is 7.10. The number of amides is 5. The van der Waals surface area contributed by atoms with Gasteiger partial charge in [-0.2, -0.15) is 0 Å². The Morgan fingerprint density at radius 1 is 1.02 bits per heavy atom. The van der Waals surface area contributed by atoms with Gasteiger partial charge in [-0.1, -0.05) is 25.1 Å². The van der Waals surface area contributed by atoms with Gasteiger partial charge in [-0.15, -0.1) is 0 Å². The van der Waals surface area contributed by atoms with Crippen LogP contribution in [0.4, 0.5) is 31.0 Å². The molecule has 1 heterocycles. The second-order valence-electron chi connectivity index (χ2n) is 10.5. The number of benzene rings is 3. The molecule has 0 fully saturated rings. The monoisotopic (exact) mass is 577 g/mol. The summed E-state index contributed by atoms with van der Waals surface area (Å²) in [6, 6.07) is 18.3. The van der Waals surface area contributed by atoms with E-state index in [-0.39, 0.29) is 31.4 Å². The Balaban J connectivity index is 1.55. The second kappa shape index (κ2) is 13.8. The predicted molar refractivity (Wildman–Crippen MR) is 159 cm³/mol. The highest BCUT2D eigenvalue weighted by molar-refractivity contribution is 6.00. The topological polar surface area (TPSA) is 123 Å². The van der Waals surface area contributed by atoms with E-state index >= 15 is 0 Å². The van der Waals surface area contributed by atoms with E-state index in [9.17, 15) is 23.9 Å². The highest BCUT2D eigenvalue weighted by atomic mass is 19.1. The summed E-state index contributed by atoms with van der Waals surface area (Å²) in [7, 11) is 1.63. The maximum Gasteiger partial charge on any atom is 0.323 e. The van der Waals surface area contributed by atoms with Crippen LogP contribution < -0.4 is 20.7 Å². The molecule has 5 amide bonds. The summed E-state index contributed by atoms with van der Waals surface area (Å²) in [4.78, 5) is 42.0. The van der Waals surface area contributed by atoms with Gasteiger partial charge in [-0.3, -0.25) is 4.79 Å². The number of urea groups is 2. The number of nitrogens with zero attached hydrogens (tertiary/aromatic N) is 2. The van der Waals surface area contributed by atoms with Crippen LogP contribution in [0, 0.1) is 11.7 Å². The number of para-hydroxylation sites is 1. The van der Waals surface area contributed by atoms with Crippen molar-refractivity contribution in [3.63, 3.8) is 0 Å². The molecule has 10 nitrogen and oxygen atoms in total. The Kier molecular flexibility index (Phi) is 9.98. The van der Waals surface area contributed by atoms with Crippen LogP contribution in [0.5, 0.6) is 5.75 Å². The van der Waals surface area contributed by atoms with Gasteiger partial charge < -0.3 is 35.6 Å². The molecule has 0 aliphatic carbocycles. The van der Waals surface area contributed by atoms with Gasteiger partial charge in [-0.25, -0.2) is 14.0 Å². The van der Waals surface area contributed by atoms with Crippen LogP contribution in [-0.2, 0) is 11.2 Å². The van der Waals surface area contributed by atoms with Gasteiger partial charge in [0.05, 0.1) is 25.6 Å². The van der Waals surface area contributed by atoms with Crippen molar-refractivity contribution in [1.29, 1.82) is 0 Å². The van der Waals surface area contributed by atoms with Crippen molar-refractivity contribution in [2.45, 2.75) is 32.4 Å². The van der Waals surface area contributed by atoms with E-state index in [1.807, 2.05) is 25.1 Å². The summed E-state index contributed by atoms with van der Waals surface area (Å²) >= 11 is 0. The Morgan fingerprint density at radius 2 is 1.67 bits per heavy atom. The molecule has 0 bridgehead atoms. The number of fused-ring (bicyclic) bond motifs is 1. The van der Waals surface area contributed by atoms with Crippen molar-refractivity contribution in [2.24, 2.45) is 5.92 Å². The van der Waals surface area contributed by atoms with Crippen molar-refractivity contribution in [3.05, 3.63) is 84.2 Å². The summed E-state index contributed by atoms with van der Waals surface area (Å²) < 4.78 is 19.7. The van der Waals surface area contributed by atoms with E-state index < -0.39 is 30.0 Å². The minimum absolute atomic E-state index is 0.00414. The van der Waals surface area contributed by atoms with Crippen LogP contribution >= 0.6 is 0 Å². The summed E-state index contributed by atoms with van der Waals surface area (Å²) in [6.07, 6.45) is -0.525. The lowest BCUT2D eigenvalue weighted by atomic mass is 10.0. The number of hydrogen-bond donors (Lipinski definition) is 4. The zero-order chi connectivity index (χ0) is 30.2. The Hall–Kier alpha value is -4.64. The van der Waals surface area contributed by atoms with Crippen LogP contribution in [0.3, 0.4) is 0 Å². The number of carbonyl (C=O) groups excluding carboxylic acids is 3. The number of nitrogens with one attached hydrogen (secondary N) is 3. The second-order valence-corrected chi connectivity index (χ2v) is 10.5. The average Bonchev–Trinajstić information content (AvgIpc) is 3.01. The minimum atomic E-state index is -0.521. The van der Waals surface area contributed by atoms with Gasteiger partial charge in [0.15, 0.2) is 0 Å². The molecule has 0 radical (unpaired) electrons. The molecule has 4 rings (SSSR count). The fourth-order valence-corrected chi connectivity index (χ4v) is 4.65. The van der Waals surface area contributed by atoms with Gasteiger partial charge in [0.1, 0.15) is 17.7 Å². The summed E-state index contributed by atoms with van der Waals surface area (Å²) in [5, 5.41) is 18.2. The van der Waals surface area contributed by atoms with E-state index in [4.69, 9.17) is 4.74 Å².